The Morgan fingerprint density at radius 2 is 1.61 bits per heavy atom. The molecule has 1 unspecified atom stereocenters. The van der Waals surface area contributed by atoms with E-state index in [1.807, 2.05) is 71.3 Å². The van der Waals surface area contributed by atoms with Crippen LogP contribution >= 0.6 is 11.8 Å². The average molecular weight is 465 g/mol. The fraction of sp³-hybridized carbons (Fsp3) is 0.115. The van der Waals surface area contributed by atoms with Gasteiger partial charge in [0.2, 0.25) is 0 Å². The number of thioether (sulfide) groups is 1. The van der Waals surface area contributed by atoms with Gasteiger partial charge in [0.15, 0.2) is 0 Å². The molecule has 0 saturated heterocycles. The lowest BCUT2D eigenvalue weighted by molar-refractivity contribution is -0.137. The summed E-state index contributed by atoms with van der Waals surface area (Å²) < 4.78 is 47.7. The van der Waals surface area contributed by atoms with Crippen molar-refractivity contribution in [1.29, 1.82) is 0 Å². The summed E-state index contributed by atoms with van der Waals surface area (Å²) in [6.07, 6.45) is -2.85. The topological polar surface area (TPSA) is 31.0 Å². The van der Waals surface area contributed by atoms with Gasteiger partial charge in [0, 0.05) is 4.90 Å². The number of hydrogen-bond acceptors (Lipinski definition) is 3. The molecule has 0 fully saturated rings. The summed E-state index contributed by atoms with van der Waals surface area (Å²) >= 11 is 1.61. The zero-order valence-corrected chi connectivity index (χ0v) is 18.2. The molecule has 0 spiro atoms. The molecule has 33 heavy (non-hydrogen) atoms. The third kappa shape index (κ3) is 4.54. The molecule has 166 valence electrons. The monoisotopic (exact) mass is 464 g/mol. The van der Waals surface area contributed by atoms with E-state index in [0.29, 0.717) is 29.2 Å². The molecule has 0 aliphatic heterocycles. The number of fused-ring (bicyclic) bond motifs is 1. The minimum Gasteiger partial charge on any atom is -0.467 e. The predicted molar refractivity (Wildman–Crippen MR) is 123 cm³/mol. The molecule has 5 aromatic rings. The van der Waals surface area contributed by atoms with Crippen molar-refractivity contribution < 1.29 is 17.6 Å². The highest BCUT2D eigenvalue weighted by Gasteiger charge is 2.32. The third-order valence-electron chi connectivity index (χ3n) is 5.33. The Balaban J connectivity index is 1.69. The van der Waals surface area contributed by atoms with E-state index in [1.165, 1.54) is 6.07 Å². The van der Waals surface area contributed by atoms with Crippen LogP contribution in [0.5, 0.6) is 0 Å². The van der Waals surface area contributed by atoms with Gasteiger partial charge < -0.3 is 8.98 Å². The highest BCUT2D eigenvalue weighted by Crippen LogP contribution is 2.42. The summed E-state index contributed by atoms with van der Waals surface area (Å²) in [6, 6.07) is 27.1. The lowest BCUT2D eigenvalue weighted by Crippen LogP contribution is -2.09. The van der Waals surface area contributed by atoms with Crippen LogP contribution in [0, 0.1) is 0 Å². The second kappa shape index (κ2) is 8.83. The van der Waals surface area contributed by atoms with Crippen LogP contribution in [0.25, 0.3) is 11.0 Å². The molecular formula is C26H19F3N2OS. The van der Waals surface area contributed by atoms with Crippen molar-refractivity contribution >= 4 is 22.8 Å². The molecular weight excluding hydrogens is 445 g/mol. The molecule has 0 bridgehead atoms. The molecule has 3 aromatic carbocycles. The van der Waals surface area contributed by atoms with Crippen LogP contribution < -0.4 is 0 Å². The van der Waals surface area contributed by atoms with Crippen molar-refractivity contribution in [3.05, 3.63) is 120 Å². The molecule has 7 heteroatoms. The van der Waals surface area contributed by atoms with Crippen LogP contribution in [0.1, 0.15) is 28.0 Å². The smallest absolute Gasteiger partial charge is 0.416 e. The van der Waals surface area contributed by atoms with Crippen molar-refractivity contribution in [2.24, 2.45) is 0 Å². The summed E-state index contributed by atoms with van der Waals surface area (Å²) in [5.41, 5.74) is 1.24. The number of aromatic nitrogens is 2. The van der Waals surface area contributed by atoms with E-state index >= 15 is 0 Å². The molecule has 3 nitrogen and oxygen atoms in total. The Labute approximate surface area is 192 Å². The van der Waals surface area contributed by atoms with E-state index in [4.69, 9.17) is 9.40 Å². The van der Waals surface area contributed by atoms with Gasteiger partial charge in [-0.05, 0) is 48.0 Å². The van der Waals surface area contributed by atoms with Crippen molar-refractivity contribution in [3.8, 4) is 0 Å². The quantitative estimate of drug-likeness (QED) is 0.243. The van der Waals surface area contributed by atoms with Crippen LogP contribution in [0.4, 0.5) is 13.2 Å². The van der Waals surface area contributed by atoms with Crippen molar-refractivity contribution in [2.45, 2.75) is 22.9 Å². The Morgan fingerprint density at radius 1 is 0.879 bits per heavy atom. The number of hydrogen-bond donors (Lipinski definition) is 0. The molecule has 0 amide bonds. The van der Waals surface area contributed by atoms with Gasteiger partial charge in [0.05, 0.1) is 34.7 Å². The SMILES string of the molecule is FC(F)(F)c1ccc2c(c1)nc(C(Sc1ccccc1)c1ccccc1)n2Cc1ccco1. The number of imidazole rings is 1. The summed E-state index contributed by atoms with van der Waals surface area (Å²) in [6.45, 7) is 0.364. The van der Waals surface area contributed by atoms with Gasteiger partial charge in [-0.2, -0.15) is 13.2 Å². The first kappa shape index (κ1) is 21.4. The zero-order chi connectivity index (χ0) is 22.8. The number of rotatable bonds is 6. The molecule has 0 radical (unpaired) electrons. The van der Waals surface area contributed by atoms with Crippen LogP contribution in [0.3, 0.4) is 0 Å². The minimum atomic E-state index is -4.43. The van der Waals surface area contributed by atoms with Crippen LogP contribution in [-0.2, 0) is 12.7 Å². The summed E-state index contributed by atoms with van der Waals surface area (Å²) in [4.78, 5) is 5.78. The van der Waals surface area contributed by atoms with Crippen molar-refractivity contribution in [1.82, 2.24) is 9.55 Å². The summed E-state index contributed by atoms with van der Waals surface area (Å²) in [7, 11) is 0. The second-order valence-corrected chi connectivity index (χ2v) is 8.74. The van der Waals surface area contributed by atoms with Gasteiger partial charge >= 0.3 is 6.18 Å². The Morgan fingerprint density at radius 3 is 2.27 bits per heavy atom. The first-order valence-corrected chi connectivity index (χ1v) is 11.2. The first-order chi connectivity index (χ1) is 16.0. The van der Waals surface area contributed by atoms with E-state index in [2.05, 4.69) is 0 Å². The molecule has 0 aliphatic carbocycles. The Kier molecular flexibility index (Phi) is 5.72. The molecule has 0 aliphatic rings. The molecule has 0 saturated carbocycles. The van der Waals surface area contributed by atoms with Gasteiger partial charge in [-0.3, -0.25) is 0 Å². The summed E-state index contributed by atoms with van der Waals surface area (Å²) in [5.74, 6) is 1.37. The number of halogens is 3. The number of benzene rings is 3. The van der Waals surface area contributed by atoms with E-state index < -0.39 is 11.7 Å². The zero-order valence-electron chi connectivity index (χ0n) is 17.4. The Hall–Kier alpha value is -3.45. The molecule has 5 rings (SSSR count). The third-order valence-corrected chi connectivity index (χ3v) is 6.60. The summed E-state index contributed by atoms with van der Waals surface area (Å²) in [5, 5.41) is -0.231. The number of alkyl halides is 3. The molecule has 2 aromatic heterocycles. The van der Waals surface area contributed by atoms with Crippen LogP contribution in [-0.4, -0.2) is 9.55 Å². The maximum atomic E-state index is 13.4. The first-order valence-electron chi connectivity index (χ1n) is 10.4. The second-order valence-electron chi connectivity index (χ2n) is 7.56. The maximum absolute atomic E-state index is 13.4. The highest BCUT2D eigenvalue weighted by atomic mass is 32.2. The highest BCUT2D eigenvalue weighted by molar-refractivity contribution is 7.99. The standard InChI is InChI=1S/C26H19F3N2OS/c27-26(28,29)19-13-14-23-22(16-19)30-25(31(23)17-20-10-7-15-32-20)24(18-8-3-1-4-9-18)33-21-11-5-2-6-12-21/h1-16,24H,17H2. The van der Waals surface area contributed by atoms with Gasteiger partial charge in [0.25, 0.3) is 0 Å². The lowest BCUT2D eigenvalue weighted by atomic mass is 10.1. The van der Waals surface area contributed by atoms with E-state index in [-0.39, 0.29) is 5.25 Å². The Bertz CT molecular complexity index is 1350. The molecule has 1 atom stereocenters. The molecule has 2 heterocycles. The van der Waals surface area contributed by atoms with E-state index in [1.54, 1.807) is 24.1 Å². The maximum Gasteiger partial charge on any atom is 0.416 e. The van der Waals surface area contributed by atoms with Crippen molar-refractivity contribution in [3.63, 3.8) is 0 Å². The van der Waals surface area contributed by atoms with Gasteiger partial charge in [-0.25, -0.2) is 4.98 Å². The minimum absolute atomic E-state index is 0.231. The fourth-order valence-electron chi connectivity index (χ4n) is 3.78. The van der Waals surface area contributed by atoms with Gasteiger partial charge in [-0.1, -0.05) is 48.5 Å². The largest absolute Gasteiger partial charge is 0.467 e. The van der Waals surface area contributed by atoms with Crippen LogP contribution in [0.2, 0.25) is 0 Å². The average Bonchev–Trinajstić information content (AvgIpc) is 3.46. The van der Waals surface area contributed by atoms with Gasteiger partial charge in [-0.15, -0.1) is 11.8 Å². The lowest BCUT2D eigenvalue weighted by Gasteiger charge is -2.19. The predicted octanol–water partition coefficient (Wildman–Crippen LogP) is 7.58. The van der Waals surface area contributed by atoms with Gasteiger partial charge in [0.1, 0.15) is 11.6 Å². The fourth-order valence-corrected chi connectivity index (χ4v) is 4.95. The van der Waals surface area contributed by atoms with E-state index in [0.717, 1.165) is 22.6 Å². The molecule has 0 N–H and O–H groups in total. The number of furan rings is 1. The van der Waals surface area contributed by atoms with Crippen LogP contribution in [0.15, 0.2) is 107 Å². The van der Waals surface area contributed by atoms with E-state index in [9.17, 15) is 13.2 Å². The normalized spacial score (nSPS) is 12.8. The number of nitrogens with zero attached hydrogens (tertiary/aromatic N) is 2. The van der Waals surface area contributed by atoms with Crippen molar-refractivity contribution in [2.75, 3.05) is 0 Å².